The highest BCUT2D eigenvalue weighted by atomic mass is 16.5. The van der Waals surface area contributed by atoms with Gasteiger partial charge in [-0.25, -0.2) is 0 Å². The molecule has 17 heavy (non-hydrogen) atoms. The molecule has 0 N–H and O–H groups in total. The Hall–Kier alpha value is -0.570. The molecule has 0 aromatic heterocycles. The number of likely N-dealkylation sites (N-methyl/N-ethyl adjacent to an activating group) is 1. The van der Waals surface area contributed by atoms with Crippen LogP contribution in [-0.2, 0) is 9.53 Å². The molecule has 1 saturated carbocycles. The first-order chi connectivity index (χ1) is 8.26. The summed E-state index contributed by atoms with van der Waals surface area (Å²) >= 11 is 0. The SMILES string of the molecule is CCN(CC)CCOC(=O)CCC1CCCC1. The first-order valence-corrected chi connectivity index (χ1v) is 7.14. The maximum atomic E-state index is 11.5. The molecule has 3 heteroatoms. The Morgan fingerprint density at radius 3 is 2.47 bits per heavy atom. The minimum Gasteiger partial charge on any atom is -0.464 e. The van der Waals surface area contributed by atoms with Crippen molar-refractivity contribution in [2.45, 2.75) is 52.4 Å². The summed E-state index contributed by atoms with van der Waals surface area (Å²) in [4.78, 5) is 13.8. The Morgan fingerprint density at radius 1 is 1.24 bits per heavy atom. The molecule has 0 heterocycles. The molecule has 1 rings (SSSR count). The summed E-state index contributed by atoms with van der Waals surface area (Å²) in [5, 5.41) is 0. The van der Waals surface area contributed by atoms with Crippen molar-refractivity contribution < 1.29 is 9.53 Å². The average molecular weight is 241 g/mol. The maximum absolute atomic E-state index is 11.5. The number of rotatable bonds is 8. The number of carbonyl (C=O) groups is 1. The molecule has 0 bridgehead atoms. The number of esters is 1. The van der Waals surface area contributed by atoms with Gasteiger partial charge >= 0.3 is 5.97 Å². The van der Waals surface area contributed by atoms with E-state index in [0.29, 0.717) is 13.0 Å². The van der Waals surface area contributed by atoms with Crippen molar-refractivity contribution in [3.63, 3.8) is 0 Å². The standard InChI is InChI=1S/C14H27NO2/c1-3-15(4-2)11-12-17-14(16)10-9-13-7-5-6-8-13/h13H,3-12H2,1-2H3. The Bertz CT molecular complexity index is 208. The average Bonchev–Trinajstić information content (AvgIpc) is 2.85. The fraction of sp³-hybridized carbons (Fsp3) is 0.929. The topological polar surface area (TPSA) is 29.5 Å². The molecule has 0 spiro atoms. The van der Waals surface area contributed by atoms with Crippen molar-refractivity contribution in [2.24, 2.45) is 5.92 Å². The second kappa shape index (κ2) is 8.51. The van der Waals surface area contributed by atoms with Gasteiger partial charge in [0.1, 0.15) is 6.61 Å². The van der Waals surface area contributed by atoms with Crippen LogP contribution in [0.1, 0.15) is 52.4 Å². The summed E-state index contributed by atoms with van der Waals surface area (Å²) in [6, 6.07) is 0. The highest BCUT2D eigenvalue weighted by Gasteiger charge is 2.16. The molecule has 0 aromatic rings. The zero-order chi connectivity index (χ0) is 12.5. The van der Waals surface area contributed by atoms with Gasteiger partial charge in [0.15, 0.2) is 0 Å². The molecule has 1 fully saturated rings. The lowest BCUT2D eigenvalue weighted by molar-refractivity contribution is -0.144. The molecule has 3 nitrogen and oxygen atoms in total. The van der Waals surface area contributed by atoms with Crippen LogP contribution >= 0.6 is 0 Å². The highest BCUT2D eigenvalue weighted by molar-refractivity contribution is 5.69. The summed E-state index contributed by atoms with van der Waals surface area (Å²) < 4.78 is 5.26. The van der Waals surface area contributed by atoms with Crippen LogP contribution in [0.3, 0.4) is 0 Å². The molecule has 0 unspecified atom stereocenters. The fourth-order valence-corrected chi connectivity index (χ4v) is 2.52. The summed E-state index contributed by atoms with van der Waals surface area (Å²) in [6.07, 6.45) is 6.97. The lowest BCUT2D eigenvalue weighted by atomic mass is 10.0. The predicted octanol–water partition coefficient (Wildman–Crippen LogP) is 2.84. The smallest absolute Gasteiger partial charge is 0.305 e. The number of hydrogen-bond donors (Lipinski definition) is 0. The van der Waals surface area contributed by atoms with Gasteiger partial charge in [-0.15, -0.1) is 0 Å². The minimum atomic E-state index is -0.0101. The van der Waals surface area contributed by atoms with Crippen LogP contribution in [0.15, 0.2) is 0 Å². The quantitative estimate of drug-likeness (QED) is 0.612. The molecule has 0 aliphatic heterocycles. The van der Waals surface area contributed by atoms with Gasteiger partial charge in [-0.2, -0.15) is 0 Å². The van der Waals surface area contributed by atoms with Gasteiger partial charge in [-0.05, 0) is 25.4 Å². The van der Waals surface area contributed by atoms with E-state index in [1.807, 2.05) is 0 Å². The first-order valence-electron chi connectivity index (χ1n) is 7.14. The van der Waals surface area contributed by atoms with E-state index in [1.165, 1.54) is 25.7 Å². The molecular formula is C14H27NO2. The van der Waals surface area contributed by atoms with Crippen LogP contribution < -0.4 is 0 Å². The van der Waals surface area contributed by atoms with Gasteiger partial charge in [-0.3, -0.25) is 4.79 Å². The zero-order valence-electron chi connectivity index (χ0n) is 11.4. The predicted molar refractivity (Wildman–Crippen MR) is 69.9 cm³/mol. The van der Waals surface area contributed by atoms with Gasteiger partial charge in [0, 0.05) is 13.0 Å². The first kappa shape index (κ1) is 14.5. The van der Waals surface area contributed by atoms with E-state index in [-0.39, 0.29) is 5.97 Å². The van der Waals surface area contributed by atoms with E-state index in [1.54, 1.807) is 0 Å². The molecule has 100 valence electrons. The van der Waals surface area contributed by atoms with Gasteiger partial charge in [0.2, 0.25) is 0 Å². The maximum Gasteiger partial charge on any atom is 0.305 e. The second-order valence-corrected chi connectivity index (χ2v) is 4.94. The van der Waals surface area contributed by atoms with E-state index in [4.69, 9.17) is 4.74 Å². The van der Waals surface area contributed by atoms with E-state index < -0.39 is 0 Å². The normalized spacial score (nSPS) is 16.6. The Labute approximate surface area is 106 Å². The van der Waals surface area contributed by atoms with Crippen LogP contribution in [0.25, 0.3) is 0 Å². The van der Waals surface area contributed by atoms with Gasteiger partial charge < -0.3 is 9.64 Å². The molecule has 0 saturated heterocycles. The van der Waals surface area contributed by atoms with Crippen LogP contribution in [0.2, 0.25) is 0 Å². The molecule has 1 aliphatic rings. The number of nitrogens with zero attached hydrogens (tertiary/aromatic N) is 1. The lowest BCUT2D eigenvalue weighted by Crippen LogP contribution is -2.27. The van der Waals surface area contributed by atoms with Crippen molar-refractivity contribution in [1.29, 1.82) is 0 Å². The van der Waals surface area contributed by atoms with Gasteiger partial charge in [-0.1, -0.05) is 39.5 Å². The van der Waals surface area contributed by atoms with Gasteiger partial charge in [0.25, 0.3) is 0 Å². The van der Waals surface area contributed by atoms with Crippen LogP contribution in [-0.4, -0.2) is 37.1 Å². The van der Waals surface area contributed by atoms with Crippen LogP contribution in [0, 0.1) is 5.92 Å². The van der Waals surface area contributed by atoms with Crippen molar-refractivity contribution in [3.05, 3.63) is 0 Å². The molecule has 0 radical (unpaired) electrons. The van der Waals surface area contributed by atoms with E-state index >= 15 is 0 Å². The molecule has 1 aliphatic carbocycles. The Morgan fingerprint density at radius 2 is 1.88 bits per heavy atom. The van der Waals surface area contributed by atoms with Crippen molar-refractivity contribution >= 4 is 5.97 Å². The van der Waals surface area contributed by atoms with Crippen LogP contribution in [0.4, 0.5) is 0 Å². The van der Waals surface area contributed by atoms with E-state index in [2.05, 4.69) is 18.7 Å². The van der Waals surface area contributed by atoms with Gasteiger partial charge in [0.05, 0.1) is 0 Å². The number of carbonyl (C=O) groups excluding carboxylic acids is 1. The van der Waals surface area contributed by atoms with Crippen molar-refractivity contribution in [1.82, 2.24) is 4.90 Å². The number of ether oxygens (including phenoxy) is 1. The van der Waals surface area contributed by atoms with E-state index in [0.717, 1.165) is 32.0 Å². The third-order valence-corrected chi connectivity index (χ3v) is 3.80. The largest absolute Gasteiger partial charge is 0.464 e. The molecule has 0 amide bonds. The summed E-state index contributed by atoms with van der Waals surface area (Å²) in [6.45, 7) is 7.72. The van der Waals surface area contributed by atoms with Crippen LogP contribution in [0.5, 0.6) is 0 Å². The van der Waals surface area contributed by atoms with Crippen molar-refractivity contribution in [2.75, 3.05) is 26.2 Å². The number of hydrogen-bond acceptors (Lipinski definition) is 3. The summed E-state index contributed by atoms with van der Waals surface area (Å²) in [7, 11) is 0. The molecule has 0 aromatic carbocycles. The highest BCUT2D eigenvalue weighted by Crippen LogP contribution is 2.28. The lowest BCUT2D eigenvalue weighted by Gasteiger charge is -2.17. The summed E-state index contributed by atoms with van der Waals surface area (Å²) in [5.74, 6) is 0.773. The zero-order valence-corrected chi connectivity index (χ0v) is 11.4. The summed E-state index contributed by atoms with van der Waals surface area (Å²) in [5.41, 5.74) is 0. The van der Waals surface area contributed by atoms with E-state index in [9.17, 15) is 4.79 Å². The Balaban J connectivity index is 2.00. The monoisotopic (exact) mass is 241 g/mol. The second-order valence-electron chi connectivity index (χ2n) is 4.94. The third kappa shape index (κ3) is 6.06. The minimum absolute atomic E-state index is 0.0101. The third-order valence-electron chi connectivity index (χ3n) is 3.80. The Kier molecular flexibility index (Phi) is 7.25. The molecular weight excluding hydrogens is 214 g/mol. The molecule has 0 atom stereocenters. The van der Waals surface area contributed by atoms with Crippen molar-refractivity contribution in [3.8, 4) is 0 Å². The fourth-order valence-electron chi connectivity index (χ4n) is 2.52.